The van der Waals surface area contributed by atoms with E-state index in [1.54, 1.807) is 0 Å². The number of aromatic nitrogens is 2. The van der Waals surface area contributed by atoms with Gasteiger partial charge in [0, 0.05) is 16.7 Å². The summed E-state index contributed by atoms with van der Waals surface area (Å²) in [4.78, 5) is 4.48. The SMILES string of the molecule is CCc1cc2nc(Br)cc(Br)c2n1CC. The smallest absolute Gasteiger partial charge is 0.108 e. The zero-order chi connectivity index (χ0) is 11.0. The number of fused-ring (bicyclic) bond motifs is 1. The second-order valence-electron chi connectivity index (χ2n) is 3.39. The van der Waals surface area contributed by atoms with Crippen LogP contribution in [0.4, 0.5) is 0 Å². The lowest BCUT2D eigenvalue weighted by molar-refractivity contribution is 0.744. The zero-order valence-corrected chi connectivity index (χ0v) is 11.9. The molecule has 0 saturated carbocycles. The van der Waals surface area contributed by atoms with Crippen LogP contribution in [-0.2, 0) is 13.0 Å². The van der Waals surface area contributed by atoms with E-state index in [1.165, 1.54) is 11.2 Å². The van der Waals surface area contributed by atoms with Gasteiger partial charge in [0.05, 0.1) is 11.0 Å². The average Bonchev–Trinajstić information content (AvgIpc) is 2.55. The van der Waals surface area contributed by atoms with Gasteiger partial charge < -0.3 is 4.57 Å². The van der Waals surface area contributed by atoms with Crippen molar-refractivity contribution in [3.05, 3.63) is 26.9 Å². The first-order chi connectivity index (χ1) is 7.17. The number of aryl methyl sites for hydroxylation is 2. The Morgan fingerprint density at radius 3 is 2.60 bits per heavy atom. The predicted molar refractivity (Wildman–Crippen MR) is 70.2 cm³/mol. The molecule has 0 aromatic carbocycles. The predicted octanol–water partition coefficient (Wildman–Crippen LogP) is 4.14. The fourth-order valence-corrected chi connectivity index (χ4v) is 3.26. The highest BCUT2D eigenvalue weighted by atomic mass is 79.9. The van der Waals surface area contributed by atoms with Crippen LogP contribution in [0.25, 0.3) is 11.0 Å². The van der Waals surface area contributed by atoms with Gasteiger partial charge in [-0.15, -0.1) is 0 Å². The molecule has 4 heteroatoms. The number of rotatable bonds is 2. The van der Waals surface area contributed by atoms with E-state index in [0.29, 0.717) is 0 Å². The Bertz CT molecular complexity index is 503. The van der Waals surface area contributed by atoms with E-state index in [2.05, 4.69) is 61.3 Å². The highest BCUT2D eigenvalue weighted by molar-refractivity contribution is 9.11. The third kappa shape index (κ3) is 1.85. The summed E-state index contributed by atoms with van der Waals surface area (Å²) >= 11 is 7.00. The summed E-state index contributed by atoms with van der Waals surface area (Å²) < 4.78 is 4.28. The van der Waals surface area contributed by atoms with Gasteiger partial charge in [-0.2, -0.15) is 0 Å². The molecule has 0 spiro atoms. The van der Waals surface area contributed by atoms with Crippen LogP contribution in [0, 0.1) is 0 Å². The van der Waals surface area contributed by atoms with Crippen molar-refractivity contribution in [2.45, 2.75) is 26.8 Å². The van der Waals surface area contributed by atoms with Crippen LogP contribution in [0.1, 0.15) is 19.5 Å². The molecule has 0 aliphatic carbocycles. The van der Waals surface area contributed by atoms with Gasteiger partial charge >= 0.3 is 0 Å². The molecule has 0 N–H and O–H groups in total. The van der Waals surface area contributed by atoms with Crippen molar-refractivity contribution in [1.82, 2.24) is 9.55 Å². The van der Waals surface area contributed by atoms with Crippen LogP contribution in [0.2, 0.25) is 0 Å². The Labute approximate surface area is 106 Å². The molecule has 0 unspecified atom stereocenters. The molecular weight excluding hydrogens is 320 g/mol. The summed E-state index contributed by atoms with van der Waals surface area (Å²) in [6.07, 6.45) is 1.04. The van der Waals surface area contributed by atoms with Gasteiger partial charge in [-0.3, -0.25) is 0 Å². The Hall–Kier alpha value is -0.350. The first-order valence-electron chi connectivity index (χ1n) is 5.01. The minimum Gasteiger partial charge on any atom is -0.343 e. The normalized spacial score (nSPS) is 11.2. The fraction of sp³-hybridized carbons (Fsp3) is 0.364. The summed E-state index contributed by atoms with van der Waals surface area (Å²) in [5.74, 6) is 0. The number of nitrogens with zero attached hydrogens (tertiary/aromatic N) is 2. The van der Waals surface area contributed by atoms with Crippen LogP contribution in [0.3, 0.4) is 0 Å². The largest absolute Gasteiger partial charge is 0.343 e. The van der Waals surface area contributed by atoms with E-state index in [9.17, 15) is 0 Å². The van der Waals surface area contributed by atoms with E-state index >= 15 is 0 Å². The molecular formula is C11H12Br2N2. The molecule has 15 heavy (non-hydrogen) atoms. The maximum Gasteiger partial charge on any atom is 0.108 e. The molecule has 0 fully saturated rings. The molecule has 2 heterocycles. The second kappa shape index (κ2) is 4.26. The van der Waals surface area contributed by atoms with Gasteiger partial charge in [-0.1, -0.05) is 6.92 Å². The van der Waals surface area contributed by atoms with E-state index in [-0.39, 0.29) is 0 Å². The van der Waals surface area contributed by atoms with Crippen molar-refractivity contribution >= 4 is 42.9 Å². The number of hydrogen-bond acceptors (Lipinski definition) is 1. The van der Waals surface area contributed by atoms with Crippen molar-refractivity contribution in [1.29, 1.82) is 0 Å². The van der Waals surface area contributed by atoms with Gasteiger partial charge in [-0.25, -0.2) is 4.98 Å². The molecule has 80 valence electrons. The van der Waals surface area contributed by atoms with Crippen molar-refractivity contribution in [3.8, 4) is 0 Å². The number of halogens is 2. The van der Waals surface area contributed by atoms with Gasteiger partial charge in [0.15, 0.2) is 0 Å². The summed E-state index contributed by atoms with van der Waals surface area (Å²) in [5.41, 5.74) is 3.58. The Morgan fingerprint density at radius 1 is 1.27 bits per heavy atom. The summed E-state index contributed by atoms with van der Waals surface area (Å²) in [5, 5.41) is 0. The highest BCUT2D eigenvalue weighted by Crippen LogP contribution is 2.28. The average molecular weight is 332 g/mol. The zero-order valence-electron chi connectivity index (χ0n) is 8.72. The Balaban J connectivity index is 2.83. The van der Waals surface area contributed by atoms with Gasteiger partial charge in [0.2, 0.25) is 0 Å². The summed E-state index contributed by atoms with van der Waals surface area (Å²) in [7, 11) is 0. The molecule has 0 atom stereocenters. The summed E-state index contributed by atoms with van der Waals surface area (Å²) in [6.45, 7) is 5.31. The van der Waals surface area contributed by atoms with E-state index < -0.39 is 0 Å². The van der Waals surface area contributed by atoms with Crippen molar-refractivity contribution in [2.75, 3.05) is 0 Å². The highest BCUT2D eigenvalue weighted by Gasteiger charge is 2.11. The van der Waals surface area contributed by atoms with E-state index in [4.69, 9.17) is 0 Å². The lowest BCUT2D eigenvalue weighted by Crippen LogP contribution is -1.99. The van der Waals surface area contributed by atoms with Crippen molar-refractivity contribution in [3.63, 3.8) is 0 Å². The van der Waals surface area contributed by atoms with Crippen LogP contribution >= 0.6 is 31.9 Å². The minimum atomic E-state index is 0.873. The molecule has 2 aromatic rings. The van der Waals surface area contributed by atoms with E-state index in [0.717, 1.165) is 27.6 Å². The fourth-order valence-electron chi connectivity index (χ4n) is 1.90. The Kier molecular flexibility index (Phi) is 3.16. The minimum absolute atomic E-state index is 0.873. The first-order valence-corrected chi connectivity index (χ1v) is 6.60. The topological polar surface area (TPSA) is 17.8 Å². The maximum absolute atomic E-state index is 4.48. The molecule has 0 aliphatic heterocycles. The van der Waals surface area contributed by atoms with Gasteiger partial charge in [0.1, 0.15) is 4.60 Å². The summed E-state index contributed by atoms with van der Waals surface area (Å²) in [6, 6.07) is 4.16. The number of pyridine rings is 1. The number of hydrogen-bond donors (Lipinski definition) is 0. The van der Waals surface area contributed by atoms with Gasteiger partial charge in [0.25, 0.3) is 0 Å². The standard InChI is InChI=1S/C11H12Br2N2/c1-3-7-5-9-11(15(7)4-2)8(12)6-10(13)14-9/h5-6H,3-4H2,1-2H3. The van der Waals surface area contributed by atoms with Crippen LogP contribution < -0.4 is 0 Å². The molecule has 2 rings (SSSR count). The lowest BCUT2D eigenvalue weighted by atomic mass is 10.3. The van der Waals surface area contributed by atoms with Crippen LogP contribution in [-0.4, -0.2) is 9.55 Å². The molecule has 0 amide bonds. The maximum atomic E-state index is 4.48. The molecule has 0 bridgehead atoms. The van der Waals surface area contributed by atoms with Crippen molar-refractivity contribution in [2.24, 2.45) is 0 Å². The van der Waals surface area contributed by atoms with Gasteiger partial charge in [-0.05, 0) is 57.3 Å². The molecule has 0 saturated heterocycles. The molecule has 0 aliphatic rings. The first kappa shape index (κ1) is 11.1. The Morgan fingerprint density at radius 2 is 2.00 bits per heavy atom. The van der Waals surface area contributed by atoms with Crippen molar-refractivity contribution < 1.29 is 0 Å². The lowest BCUT2D eigenvalue weighted by Gasteiger charge is -2.06. The quantitative estimate of drug-likeness (QED) is 0.756. The molecule has 2 nitrogen and oxygen atoms in total. The van der Waals surface area contributed by atoms with Crippen LogP contribution in [0.15, 0.2) is 21.2 Å². The molecule has 2 aromatic heterocycles. The monoisotopic (exact) mass is 330 g/mol. The second-order valence-corrected chi connectivity index (χ2v) is 5.06. The van der Waals surface area contributed by atoms with Crippen LogP contribution in [0.5, 0.6) is 0 Å². The third-order valence-electron chi connectivity index (χ3n) is 2.54. The third-order valence-corrected chi connectivity index (χ3v) is 3.55. The molecule has 0 radical (unpaired) electrons. The van der Waals surface area contributed by atoms with E-state index in [1.807, 2.05) is 6.07 Å².